The third-order valence-corrected chi connectivity index (χ3v) is 5.99. The van der Waals surface area contributed by atoms with E-state index in [9.17, 15) is 26.4 Å². The molecule has 0 bridgehead atoms. The predicted molar refractivity (Wildman–Crippen MR) is 107 cm³/mol. The molecule has 4 aromatic rings. The van der Waals surface area contributed by atoms with Crippen molar-refractivity contribution in [3.8, 4) is 0 Å². The summed E-state index contributed by atoms with van der Waals surface area (Å²) >= 11 is 5.98. The average Bonchev–Trinajstić information content (AvgIpc) is 3.06. The zero-order valence-electron chi connectivity index (χ0n) is 15.4. The highest BCUT2D eigenvalue weighted by Gasteiger charge is 2.38. The number of para-hydroxylation sites is 2. The Kier molecular flexibility index (Phi) is 5.10. The van der Waals surface area contributed by atoms with Crippen LogP contribution in [0.3, 0.4) is 0 Å². The third-order valence-electron chi connectivity index (χ3n) is 4.38. The minimum atomic E-state index is -4.84. The van der Waals surface area contributed by atoms with E-state index in [1.165, 1.54) is 36.5 Å². The van der Waals surface area contributed by atoms with Gasteiger partial charge in [0.15, 0.2) is 0 Å². The zero-order valence-corrected chi connectivity index (χ0v) is 17.0. The summed E-state index contributed by atoms with van der Waals surface area (Å²) in [6.45, 7) is -0.916. The van der Waals surface area contributed by atoms with E-state index < -0.39 is 34.5 Å². The van der Waals surface area contributed by atoms with Gasteiger partial charge in [-0.15, -0.1) is 0 Å². The van der Waals surface area contributed by atoms with Gasteiger partial charge >= 0.3 is 6.18 Å². The Morgan fingerprint density at radius 1 is 1.13 bits per heavy atom. The molecular weight excluding hydrogens is 457 g/mol. The standard InChI is InChI=1S/C19H12ClF3N4O3S/c20-12-8-11-4-3-7-24-17(11)15(9-12)31(29,30)26-16(28)10-27-14-6-2-1-5-13(14)25-18(27)19(21,22)23/h1-9H,10H2,(H,26,28). The maximum Gasteiger partial charge on any atom is 0.449 e. The predicted octanol–water partition coefficient (Wildman–Crippen LogP) is 3.76. The highest BCUT2D eigenvalue weighted by Crippen LogP contribution is 2.31. The summed E-state index contributed by atoms with van der Waals surface area (Å²) in [5, 5.41) is 0.510. The number of halogens is 4. The van der Waals surface area contributed by atoms with Gasteiger partial charge in [-0.25, -0.2) is 18.1 Å². The molecule has 0 saturated carbocycles. The number of sulfonamides is 1. The van der Waals surface area contributed by atoms with Crippen LogP contribution in [0.4, 0.5) is 13.2 Å². The lowest BCUT2D eigenvalue weighted by Gasteiger charge is -2.13. The Labute approximate surface area is 178 Å². The summed E-state index contributed by atoms with van der Waals surface area (Å²) in [5.74, 6) is -2.49. The van der Waals surface area contributed by atoms with Crippen LogP contribution < -0.4 is 4.72 Å². The van der Waals surface area contributed by atoms with Crippen molar-refractivity contribution >= 4 is 49.5 Å². The number of nitrogens with zero attached hydrogens (tertiary/aromatic N) is 3. The number of pyridine rings is 1. The fourth-order valence-corrected chi connectivity index (χ4v) is 4.63. The summed E-state index contributed by atoms with van der Waals surface area (Å²) in [5.41, 5.74) is 0.129. The second kappa shape index (κ2) is 7.50. The molecule has 0 aliphatic heterocycles. The highest BCUT2D eigenvalue weighted by atomic mass is 35.5. The molecule has 31 heavy (non-hydrogen) atoms. The van der Waals surface area contributed by atoms with Gasteiger partial charge in [-0.3, -0.25) is 9.78 Å². The minimum Gasteiger partial charge on any atom is -0.311 e. The molecule has 0 unspecified atom stereocenters. The quantitative estimate of drug-likeness (QED) is 0.492. The van der Waals surface area contributed by atoms with Gasteiger partial charge < -0.3 is 4.57 Å². The molecule has 2 aromatic heterocycles. The molecule has 0 saturated heterocycles. The lowest BCUT2D eigenvalue weighted by molar-refractivity contribution is -0.147. The summed E-state index contributed by atoms with van der Waals surface area (Å²) in [6.07, 6.45) is -3.48. The lowest BCUT2D eigenvalue weighted by atomic mass is 10.2. The first-order valence-electron chi connectivity index (χ1n) is 8.69. The number of benzene rings is 2. The Balaban J connectivity index is 1.71. The number of rotatable bonds is 4. The van der Waals surface area contributed by atoms with E-state index in [0.29, 0.717) is 9.95 Å². The van der Waals surface area contributed by atoms with Gasteiger partial charge in [0, 0.05) is 16.6 Å². The average molecular weight is 469 g/mol. The van der Waals surface area contributed by atoms with Crippen LogP contribution in [-0.4, -0.2) is 28.9 Å². The van der Waals surface area contributed by atoms with Crippen LogP contribution in [0.1, 0.15) is 5.82 Å². The maximum atomic E-state index is 13.4. The van der Waals surface area contributed by atoms with E-state index in [1.807, 2.05) is 0 Å². The van der Waals surface area contributed by atoms with Crippen molar-refractivity contribution in [1.29, 1.82) is 0 Å². The summed E-state index contributed by atoms with van der Waals surface area (Å²) in [7, 11) is -4.47. The van der Waals surface area contributed by atoms with Gasteiger partial charge in [-0.1, -0.05) is 29.8 Å². The van der Waals surface area contributed by atoms with Crippen LogP contribution in [0.2, 0.25) is 5.02 Å². The summed E-state index contributed by atoms with van der Waals surface area (Å²) in [4.78, 5) is 19.6. The summed E-state index contributed by atoms with van der Waals surface area (Å²) in [6, 6.07) is 11.5. The Morgan fingerprint density at radius 3 is 2.61 bits per heavy atom. The zero-order chi connectivity index (χ0) is 22.4. The molecule has 0 atom stereocenters. The highest BCUT2D eigenvalue weighted by molar-refractivity contribution is 7.90. The molecule has 12 heteroatoms. The van der Waals surface area contributed by atoms with Gasteiger partial charge in [0.1, 0.15) is 11.4 Å². The molecule has 2 heterocycles. The monoisotopic (exact) mass is 468 g/mol. The smallest absolute Gasteiger partial charge is 0.311 e. The molecule has 1 amide bonds. The van der Waals surface area contributed by atoms with Crippen molar-refractivity contribution in [1.82, 2.24) is 19.3 Å². The number of alkyl halides is 3. The molecule has 7 nitrogen and oxygen atoms in total. The van der Waals surface area contributed by atoms with Crippen molar-refractivity contribution in [3.05, 3.63) is 65.6 Å². The first-order chi connectivity index (χ1) is 14.6. The van der Waals surface area contributed by atoms with Crippen molar-refractivity contribution < 1.29 is 26.4 Å². The van der Waals surface area contributed by atoms with Crippen molar-refractivity contribution in [2.45, 2.75) is 17.6 Å². The lowest BCUT2D eigenvalue weighted by Crippen LogP contribution is -2.34. The van der Waals surface area contributed by atoms with E-state index >= 15 is 0 Å². The van der Waals surface area contributed by atoms with Crippen LogP contribution in [-0.2, 0) is 27.5 Å². The van der Waals surface area contributed by atoms with Gasteiger partial charge in [-0.05, 0) is 30.3 Å². The van der Waals surface area contributed by atoms with E-state index in [2.05, 4.69) is 9.97 Å². The van der Waals surface area contributed by atoms with Crippen LogP contribution in [0, 0.1) is 0 Å². The number of aromatic nitrogens is 3. The number of fused-ring (bicyclic) bond motifs is 2. The fraction of sp³-hybridized carbons (Fsp3) is 0.105. The van der Waals surface area contributed by atoms with Crippen molar-refractivity contribution in [2.75, 3.05) is 0 Å². The van der Waals surface area contributed by atoms with Crippen LogP contribution in [0.5, 0.6) is 0 Å². The number of hydrogen-bond donors (Lipinski definition) is 1. The normalized spacial score (nSPS) is 12.4. The molecule has 0 fully saturated rings. The molecule has 0 spiro atoms. The maximum absolute atomic E-state index is 13.4. The number of hydrogen-bond acceptors (Lipinski definition) is 5. The molecule has 0 aliphatic rings. The number of imidazole rings is 1. The molecule has 4 rings (SSSR count). The van der Waals surface area contributed by atoms with E-state index in [4.69, 9.17) is 11.6 Å². The van der Waals surface area contributed by atoms with Gasteiger partial charge in [-0.2, -0.15) is 13.2 Å². The molecule has 0 radical (unpaired) electrons. The Morgan fingerprint density at radius 2 is 1.87 bits per heavy atom. The first-order valence-corrected chi connectivity index (χ1v) is 10.5. The SMILES string of the molecule is O=C(Cn1c(C(F)(F)F)nc2ccccc21)NS(=O)(=O)c1cc(Cl)cc2cccnc12. The van der Waals surface area contributed by atoms with E-state index in [0.717, 1.165) is 6.07 Å². The van der Waals surface area contributed by atoms with Crippen molar-refractivity contribution in [2.24, 2.45) is 0 Å². The van der Waals surface area contributed by atoms with E-state index in [1.54, 1.807) is 16.9 Å². The third kappa shape index (κ3) is 4.06. The number of carbonyl (C=O) groups is 1. The molecule has 160 valence electrons. The number of nitrogens with one attached hydrogen (secondary N) is 1. The number of carbonyl (C=O) groups excluding carboxylic acids is 1. The van der Waals surface area contributed by atoms with Crippen LogP contribution in [0.15, 0.2) is 59.6 Å². The van der Waals surface area contributed by atoms with E-state index in [-0.39, 0.29) is 26.5 Å². The van der Waals surface area contributed by atoms with Gasteiger partial charge in [0.25, 0.3) is 15.9 Å². The number of amides is 1. The largest absolute Gasteiger partial charge is 0.449 e. The topological polar surface area (TPSA) is 94.0 Å². The second-order valence-electron chi connectivity index (χ2n) is 6.52. The first kappa shape index (κ1) is 21.1. The van der Waals surface area contributed by atoms with Gasteiger partial charge in [0.2, 0.25) is 5.82 Å². The van der Waals surface area contributed by atoms with Crippen LogP contribution in [0.25, 0.3) is 21.9 Å². The van der Waals surface area contributed by atoms with Gasteiger partial charge in [0.05, 0.1) is 16.6 Å². The fourth-order valence-electron chi connectivity index (χ4n) is 3.16. The van der Waals surface area contributed by atoms with Crippen LogP contribution >= 0.6 is 11.6 Å². The second-order valence-corrected chi connectivity index (χ2v) is 8.60. The summed E-state index contributed by atoms with van der Waals surface area (Å²) < 4.78 is 68.2. The Hall–Kier alpha value is -3.18. The molecular formula is C19H12ClF3N4O3S. The minimum absolute atomic E-state index is 0.0236. The molecule has 2 aromatic carbocycles. The molecule has 1 N–H and O–H groups in total. The molecule has 0 aliphatic carbocycles. The van der Waals surface area contributed by atoms with Crippen molar-refractivity contribution in [3.63, 3.8) is 0 Å². The Bertz CT molecular complexity index is 1430.